The number of hydrogen-bond donors (Lipinski definition) is 1. The molecule has 0 atom stereocenters. The highest BCUT2D eigenvalue weighted by Crippen LogP contribution is 2.24. The van der Waals surface area contributed by atoms with Gasteiger partial charge < -0.3 is 5.32 Å². The number of halogens is 1. The normalized spacial score (nSPS) is 11.3. The zero-order chi connectivity index (χ0) is 20.4. The fourth-order valence-corrected chi connectivity index (χ4v) is 4.34. The van der Waals surface area contributed by atoms with Gasteiger partial charge in [0.15, 0.2) is 0 Å². The summed E-state index contributed by atoms with van der Waals surface area (Å²) in [7, 11) is -2.77. The molecule has 0 heterocycles. The van der Waals surface area contributed by atoms with Gasteiger partial charge in [0.25, 0.3) is 0 Å². The highest BCUT2D eigenvalue weighted by Gasteiger charge is 2.26. The maximum atomic E-state index is 12.8. The van der Waals surface area contributed by atoms with Crippen LogP contribution in [-0.4, -0.2) is 32.2 Å². The summed E-state index contributed by atoms with van der Waals surface area (Å²) in [4.78, 5) is 12.2. The number of carbonyl (C=O) groups is 1. The Bertz CT molecular complexity index is 1020. The molecule has 0 saturated carbocycles. The van der Waals surface area contributed by atoms with Crippen LogP contribution in [0.3, 0.4) is 0 Å². The van der Waals surface area contributed by atoms with Crippen LogP contribution in [-0.2, 0) is 14.8 Å². The van der Waals surface area contributed by atoms with E-state index in [9.17, 15) is 13.2 Å². The van der Waals surface area contributed by atoms with Crippen LogP contribution in [0, 0.1) is 32.1 Å². The Balaban J connectivity index is 2.24. The Hall–Kier alpha value is -2.40. The second-order valence-electron chi connectivity index (χ2n) is 6.34. The van der Waals surface area contributed by atoms with Crippen molar-refractivity contribution >= 4 is 33.2 Å². The molecular formula is C19H20ClN3O3S. The molecule has 0 unspecified atom stereocenters. The van der Waals surface area contributed by atoms with E-state index in [2.05, 4.69) is 5.32 Å². The van der Waals surface area contributed by atoms with Crippen molar-refractivity contribution in [2.45, 2.75) is 25.7 Å². The zero-order valence-corrected chi connectivity index (χ0v) is 17.1. The van der Waals surface area contributed by atoms with Crippen LogP contribution in [0.4, 0.5) is 5.69 Å². The van der Waals surface area contributed by atoms with Crippen LogP contribution in [0.25, 0.3) is 0 Å². The van der Waals surface area contributed by atoms with E-state index in [4.69, 9.17) is 16.9 Å². The van der Waals surface area contributed by atoms with Crippen LogP contribution in [0.1, 0.15) is 22.3 Å². The van der Waals surface area contributed by atoms with Gasteiger partial charge in [-0.2, -0.15) is 9.57 Å². The number of nitriles is 1. The van der Waals surface area contributed by atoms with Gasteiger partial charge in [-0.15, -0.1) is 0 Å². The lowest BCUT2D eigenvalue weighted by Gasteiger charge is -2.19. The van der Waals surface area contributed by atoms with Crippen molar-refractivity contribution in [3.05, 3.63) is 57.6 Å². The largest absolute Gasteiger partial charge is 0.324 e. The number of likely N-dealkylation sites (N-methyl/N-ethyl adjacent to an activating group) is 1. The molecule has 0 spiro atoms. The number of benzene rings is 2. The van der Waals surface area contributed by atoms with E-state index >= 15 is 0 Å². The van der Waals surface area contributed by atoms with E-state index in [1.165, 1.54) is 25.2 Å². The van der Waals surface area contributed by atoms with Gasteiger partial charge in [0.1, 0.15) is 11.0 Å². The summed E-state index contributed by atoms with van der Waals surface area (Å²) in [5, 5.41) is 12.1. The third-order valence-corrected chi connectivity index (χ3v) is 6.14. The first-order valence-electron chi connectivity index (χ1n) is 8.10. The molecule has 6 nitrogen and oxygen atoms in total. The SMILES string of the molecule is Cc1cc(C)c(NC(=O)CN(C)S(=O)(=O)c2cc(Cl)ccc2C#N)c(C)c1. The fourth-order valence-electron chi connectivity index (χ4n) is 2.81. The highest BCUT2D eigenvalue weighted by molar-refractivity contribution is 7.89. The topological polar surface area (TPSA) is 90.3 Å². The Morgan fingerprint density at radius 2 is 1.78 bits per heavy atom. The molecule has 142 valence electrons. The van der Waals surface area contributed by atoms with Gasteiger partial charge in [0, 0.05) is 17.8 Å². The molecule has 0 aromatic heterocycles. The molecule has 0 saturated heterocycles. The van der Waals surface area contributed by atoms with E-state index < -0.39 is 22.5 Å². The van der Waals surface area contributed by atoms with Gasteiger partial charge in [-0.1, -0.05) is 29.3 Å². The van der Waals surface area contributed by atoms with Crippen molar-refractivity contribution in [1.82, 2.24) is 4.31 Å². The van der Waals surface area contributed by atoms with Crippen LogP contribution in [0.2, 0.25) is 5.02 Å². The zero-order valence-electron chi connectivity index (χ0n) is 15.5. The summed E-state index contributed by atoms with van der Waals surface area (Å²) in [6, 6.07) is 9.69. The summed E-state index contributed by atoms with van der Waals surface area (Å²) in [5.41, 5.74) is 3.50. The average Bonchev–Trinajstić information content (AvgIpc) is 2.57. The number of rotatable bonds is 5. The Morgan fingerprint density at radius 3 is 2.33 bits per heavy atom. The number of amides is 1. The van der Waals surface area contributed by atoms with Gasteiger partial charge in [0.2, 0.25) is 15.9 Å². The number of carbonyl (C=O) groups excluding carboxylic acids is 1. The third kappa shape index (κ3) is 4.66. The van der Waals surface area contributed by atoms with Gasteiger partial charge in [-0.25, -0.2) is 8.42 Å². The molecule has 8 heteroatoms. The fraction of sp³-hybridized carbons (Fsp3) is 0.263. The van der Waals surface area contributed by atoms with Gasteiger partial charge in [0.05, 0.1) is 12.1 Å². The molecule has 27 heavy (non-hydrogen) atoms. The number of nitrogens with zero attached hydrogens (tertiary/aromatic N) is 2. The van der Waals surface area contributed by atoms with Crippen molar-refractivity contribution in [1.29, 1.82) is 5.26 Å². The van der Waals surface area contributed by atoms with Crippen molar-refractivity contribution in [2.24, 2.45) is 0 Å². The second kappa shape index (κ2) is 8.09. The van der Waals surface area contributed by atoms with Crippen molar-refractivity contribution in [3.8, 4) is 6.07 Å². The molecule has 1 amide bonds. The predicted molar refractivity (Wildman–Crippen MR) is 105 cm³/mol. The number of anilines is 1. The standard InChI is InChI=1S/C19H20ClN3O3S/c1-12-7-13(2)19(14(3)8-12)22-18(24)11-23(4)27(25,26)17-9-16(20)6-5-15(17)10-21/h5-9H,11H2,1-4H3,(H,22,24). The Morgan fingerprint density at radius 1 is 1.19 bits per heavy atom. The first-order chi connectivity index (χ1) is 12.6. The smallest absolute Gasteiger partial charge is 0.244 e. The molecule has 0 aliphatic rings. The van der Waals surface area contributed by atoms with Crippen LogP contribution >= 0.6 is 11.6 Å². The molecule has 0 radical (unpaired) electrons. The first-order valence-corrected chi connectivity index (χ1v) is 9.91. The first kappa shape index (κ1) is 20.9. The number of aryl methyl sites for hydroxylation is 3. The van der Waals surface area contributed by atoms with E-state index in [1.54, 1.807) is 0 Å². The van der Waals surface area contributed by atoms with Crippen LogP contribution in [0.5, 0.6) is 0 Å². The van der Waals surface area contributed by atoms with E-state index in [1.807, 2.05) is 39.0 Å². The predicted octanol–water partition coefficient (Wildman–Crippen LogP) is 3.40. The van der Waals surface area contributed by atoms with Crippen LogP contribution in [0.15, 0.2) is 35.2 Å². The molecule has 2 rings (SSSR count). The van der Waals surface area contributed by atoms with E-state index in [0.717, 1.165) is 21.0 Å². The Kier molecular flexibility index (Phi) is 6.26. The molecule has 0 fully saturated rings. The molecule has 1 N–H and O–H groups in total. The van der Waals surface area contributed by atoms with Crippen molar-refractivity contribution in [3.63, 3.8) is 0 Å². The molecular weight excluding hydrogens is 386 g/mol. The summed E-state index contributed by atoms with van der Waals surface area (Å²) in [5.74, 6) is -0.475. The molecule has 2 aromatic rings. The summed E-state index contributed by atoms with van der Waals surface area (Å²) < 4.78 is 26.4. The third-order valence-electron chi connectivity index (χ3n) is 4.06. The number of sulfonamides is 1. The van der Waals surface area contributed by atoms with Crippen LogP contribution < -0.4 is 5.32 Å². The van der Waals surface area contributed by atoms with Gasteiger partial charge >= 0.3 is 0 Å². The lowest BCUT2D eigenvalue weighted by molar-refractivity contribution is -0.116. The summed E-state index contributed by atoms with van der Waals surface area (Å²) in [6.45, 7) is 5.32. The highest BCUT2D eigenvalue weighted by atomic mass is 35.5. The molecule has 0 aliphatic heterocycles. The van der Waals surface area contributed by atoms with Gasteiger partial charge in [-0.3, -0.25) is 4.79 Å². The maximum Gasteiger partial charge on any atom is 0.244 e. The molecule has 0 bridgehead atoms. The number of nitrogens with one attached hydrogen (secondary N) is 1. The minimum atomic E-state index is -4.05. The lowest BCUT2D eigenvalue weighted by Crippen LogP contribution is -2.35. The maximum absolute atomic E-state index is 12.8. The molecule has 2 aromatic carbocycles. The van der Waals surface area contributed by atoms with Gasteiger partial charge in [-0.05, 0) is 50.1 Å². The number of hydrogen-bond acceptors (Lipinski definition) is 4. The Labute approximate surface area is 164 Å². The van der Waals surface area contributed by atoms with E-state index in [-0.39, 0.29) is 15.5 Å². The molecule has 0 aliphatic carbocycles. The summed E-state index contributed by atoms with van der Waals surface area (Å²) >= 11 is 5.87. The average molecular weight is 406 g/mol. The monoisotopic (exact) mass is 405 g/mol. The second-order valence-corrected chi connectivity index (χ2v) is 8.79. The van der Waals surface area contributed by atoms with Crippen molar-refractivity contribution < 1.29 is 13.2 Å². The lowest BCUT2D eigenvalue weighted by atomic mass is 10.1. The summed E-state index contributed by atoms with van der Waals surface area (Å²) in [6.07, 6.45) is 0. The van der Waals surface area contributed by atoms with Crippen molar-refractivity contribution in [2.75, 3.05) is 18.9 Å². The minimum absolute atomic E-state index is 0.0307. The quantitative estimate of drug-likeness (QED) is 0.825. The minimum Gasteiger partial charge on any atom is -0.324 e. The van der Waals surface area contributed by atoms with E-state index in [0.29, 0.717) is 5.69 Å².